The van der Waals surface area contributed by atoms with Gasteiger partial charge in [-0.05, 0) is 31.6 Å². The lowest BCUT2D eigenvalue weighted by atomic mass is 9.87. The quantitative estimate of drug-likeness (QED) is 0.321. The molecule has 0 unspecified atom stereocenters. The van der Waals surface area contributed by atoms with Crippen molar-refractivity contribution in [2.45, 2.75) is 64.0 Å². The van der Waals surface area contributed by atoms with Crippen molar-refractivity contribution in [1.82, 2.24) is 10.2 Å². The van der Waals surface area contributed by atoms with Gasteiger partial charge in [0.25, 0.3) is 0 Å². The SMILES string of the molecule is CCNC(=NCC(C)(C)CCS(C)(=O)=O)N1CCSC2(CCCCC2)C1.I. The first-order chi connectivity index (χ1) is 12.1. The van der Waals surface area contributed by atoms with Crippen LogP contribution < -0.4 is 5.32 Å². The zero-order valence-corrected chi connectivity index (χ0v) is 21.4. The maximum atomic E-state index is 11.5. The van der Waals surface area contributed by atoms with E-state index in [1.165, 1.54) is 44.1 Å². The van der Waals surface area contributed by atoms with Gasteiger partial charge < -0.3 is 10.2 Å². The molecule has 0 bridgehead atoms. The minimum Gasteiger partial charge on any atom is -0.357 e. The summed E-state index contributed by atoms with van der Waals surface area (Å²) < 4.78 is 23.4. The van der Waals surface area contributed by atoms with Crippen LogP contribution >= 0.6 is 35.7 Å². The second-order valence-electron chi connectivity index (χ2n) is 8.73. The Morgan fingerprint density at radius 1 is 1.26 bits per heavy atom. The molecule has 0 aromatic rings. The van der Waals surface area contributed by atoms with Crippen molar-refractivity contribution in [3.05, 3.63) is 0 Å². The first kappa shape index (κ1) is 25.3. The number of thioether (sulfide) groups is 1. The number of halogens is 1. The molecule has 2 rings (SSSR count). The van der Waals surface area contributed by atoms with Gasteiger partial charge in [-0.3, -0.25) is 4.99 Å². The standard InChI is InChI=1S/C19H37N3O2S2.HI/c1-5-20-17(21-15-18(2,3)11-14-26(4,23)24)22-12-13-25-19(16-22)9-7-6-8-10-19;/h5-16H2,1-4H3,(H,20,21);1H. The van der Waals surface area contributed by atoms with Gasteiger partial charge in [0.2, 0.25) is 0 Å². The Morgan fingerprint density at radius 2 is 1.93 bits per heavy atom. The van der Waals surface area contributed by atoms with Gasteiger partial charge in [-0.15, -0.1) is 24.0 Å². The number of hydrogen-bond donors (Lipinski definition) is 1. The summed E-state index contributed by atoms with van der Waals surface area (Å²) >= 11 is 2.17. The van der Waals surface area contributed by atoms with Crippen molar-refractivity contribution in [2.24, 2.45) is 10.4 Å². The molecular weight excluding hydrogens is 493 g/mol. The fourth-order valence-electron chi connectivity index (χ4n) is 3.78. The summed E-state index contributed by atoms with van der Waals surface area (Å²) in [5.74, 6) is 2.41. The Morgan fingerprint density at radius 3 is 2.52 bits per heavy atom. The number of nitrogens with zero attached hydrogens (tertiary/aromatic N) is 2. The molecule has 0 amide bonds. The summed E-state index contributed by atoms with van der Waals surface area (Å²) in [4.78, 5) is 7.36. The normalized spacial score (nSPS) is 21.0. The molecular formula is C19H38IN3O2S2. The average molecular weight is 532 g/mol. The summed E-state index contributed by atoms with van der Waals surface area (Å²) in [5, 5.41) is 3.47. The molecule has 27 heavy (non-hydrogen) atoms. The van der Waals surface area contributed by atoms with Crippen molar-refractivity contribution in [3.8, 4) is 0 Å². The van der Waals surface area contributed by atoms with Crippen LogP contribution in [-0.2, 0) is 9.84 Å². The molecule has 0 atom stereocenters. The zero-order chi connectivity index (χ0) is 19.3. The van der Waals surface area contributed by atoms with Crippen LogP contribution in [0.4, 0.5) is 0 Å². The number of nitrogens with one attached hydrogen (secondary N) is 1. The van der Waals surface area contributed by atoms with Gasteiger partial charge in [0.05, 0.1) is 5.75 Å². The summed E-state index contributed by atoms with van der Waals surface area (Å²) in [6, 6.07) is 0. The molecule has 1 saturated heterocycles. The molecule has 0 aromatic carbocycles. The van der Waals surface area contributed by atoms with E-state index in [1.54, 1.807) is 0 Å². The number of rotatable bonds is 6. The van der Waals surface area contributed by atoms with Crippen molar-refractivity contribution in [3.63, 3.8) is 0 Å². The Kier molecular flexibility index (Phi) is 10.2. The summed E-state index contributed by atoms with van der Waals surface area (Å²) in [5.41, 5.74) is -0.114. The lowest BCUT2D eigenvalue weighted by Crippen LogP contribution is -2.53. The Bertz CT molecular complexity index is 582. The molecule has 1 N–H and O–H groups in total. The van der Waals surface area contributed by atoms with Crippen molar-refractivity contribution < 1.29 is 8.42 Å². The summed E-state index contributed by atoms with van der Waals surface area (Å²) in [6.45, 7) is 9.98. The lowest BCUT2D eigenvalue weighted by molar-refractivity contribution is 0.291. The second kappa shape index (κ2) is 10.9. The summed E-state index contributed by atoms with van der Waals surface area (Å²) in [6.07, 6.45) is 8.70. The topological polar surface area (TPSA) is 61.8 Å². The smallest absolute Gasteiger partial charge is 0.194 e. The van der Waals surface area contributed by atoms with E-state index in [9.17, 15) is 8.42 Å². The van der Waals surface area contributed by atoms with Crippen molar-refractivity contribution >= 4 is 51.5 Å². The Hall–Kier alpha value is 0.300. The van der Waals surface area contributed by atoms with Gasteiger partial charge in [0.15, 0.2) is 5.96 Å². The van der Waals surface area contributed by atoms with Gasteiger partial charge in [-0.25, -0.2) is 8.42 Å². The third-order valence-electron chi connectivity index (χ3n) is 5.45. The maximum absolute atomic E-state index is 11.5. The minimum absolute atomic E-state index is 0. The first-order valence-electron chi connectivity index (χ1n) is 10.00. The van der Waals surface area contributed by atoms with Crippen LogP contribution in [0.15, 0.2) is 4.99 Å². The molecule has 5 nitrogen and oxygen atoms in total. The predicted octanol–water partition coefficient (Wildman–Crippen LogP) is 3.78. The van der Waals surface area contributed by atoms with Crippen molar-refractivity contribution in [2.75, 3.05) is 43.9 Å². The molecule has 160 valence electrons. The highest BCUT2D eigenvalue weighted by Gasteiger charge is 2.38. The molecule has 1 aliphatic carbocycles. The van der Waals surface area contributed by atoms with Gasteiger partial charge in [0, 0.05) is 42.9 Å². The highest BCUT2D eigenvalue weighted by molar-refractivity contribution is 14.0. The molecule has 2 aliphatic rings. The zero-order valence-electron chi connectivity index (χ0n) is 17.4. The molecule has 8 heteroatoms. The summed E-state index contributed by atoms with van der Waals surface area (Å²) in [7, 11) is -2.92. The van der Waals surface area contributed by atoms with Gasteiger partial charge in [0.1, 0.15) is 9.84 Å². The highest BCUT2D eigenvalue weighted by Crippen LogP contribution is 2.42. The number of sulfone groups is 1. The van der Waals surface area contributed by atoms with E-state index < -0.39 is 9.84 Å². The van der Waals surface area contributed by atoms with E-state index in [0.29, 0.717) is 17.7 Å². The molecule has 1 spiro atoms. The van der Waals surface area contributed by atoms with E-state index in [-0.39, 0.29) is 35.1 Å². The van der Waals surface area contributed by atoms with Crippen LogP contribution in [0.2, 0.25) is 0 Å². The fraction of sp³-hybridized carbons (Fsp3) is 0.947. The van der Waals surface area contributed by atoms with E-state index in [1.807, 2.05) is 0 Å². The maximum Gasteiger partial charge on any atom is 0.194 e. The Labute approximate surface area is 187 Å². The van der Waals surface area contributed by atoms with Gasteiger partial charge in [-0.2, -0.15) is 11.8 Å². The van der Waals surface area contributed by atoms with Crippen LogP contribution in [0, 0.1) is 5.41 Å². The minimum atomic E-state index is -2.92. The largest absolute Gasteiger partial charge is 0.357 e. The monoisotopic (exact) mass is 531 g/mol. The van der Waals surface area contributed by atoms with Crippen LogP contribution in [0.5, 0.6) is 0 Å². The van der Waals surface area contributed by atoms with Crippen LogP contribution in [0.1, 0.15) is 59.3 Å². The number of aliphatic imine (C=N–C) groups is 1. The lowest BCUT2D eigenvalue weighted by Gasteiger charge is -2.45. The van der Waals surface area contributed by atoms with Crippen LogP contribution in [-0.4, -0.2) is 68.0 Å². The highest BCUT2D eigenvalue weighted by atomic mass is 127. The first-order valence-corrected chi connectivity index (χ1v) is 13.0. The van der Waals surface area contributed by atoms with Crippen LogP contribution in [0.25, 0.3) is 0 Å². The predicted molar refractivity (Wildman–Crippen MR) is 129 cm³/mol. The molecule has 1 saturated carbocycles. The van der Waals surface area contributed by atoms with Gasteiger partial charge >= 0.3 is 0 Å². The molecule has 2 fully saturated rings. The molecule has 1 aliphatic heterocycles. The molecule has 1 heterocycles. The van der Waals surface area contributed by atoms with E-state index >= 15 is 0 Å². The van der Waals surface area contributed by atoms with E-state index in [4.69, 9.17) is 4.99 Å². The third kappa shape index (κ3) is 8.68. The van der Waals surface area contributed by atoms with Gasteiger partial charge in [-0.1, -0.05) is 33.1 Å². The fourth-order valence-corrected chi connectivity index (χ4v) is 6.27. The van der Waals surface area contributed by atoms with E-state index in [2.05, 4.69) is 42.7 Å². The van der Waals surface area contributed by atoms with Crippen molar-refractivity contribution in [1.29, 1.82) is 0 Å². The third-order valence-corrected chi connectivity index (χ3v) is 7.94. The number of hydrogen-bond acceptors (Lipinski definition) is 4. The van der Waals surface area contributed by atoms with E-state index in [0.717, 1.165) is 25.6 Å². The van der Waals surface area contributed by atoms with Crippen LogP contribution in [0.3, 0.4) is 0 Å². The average Bonchev–Trinajstić information content (AvgIpc) is 2.57. The molecule has 0 aromatic heterocycles. The number of guanidine groups is 1. The molecule has 0 radical (unpaired) electrons. The Balaban J connectivity index is 0.00000364. The second-order valence-corrected chi connectivity index (χ2v) is 12.6.